The van der Waals surface area contributed by atoms with Crippen molar-refractivity contribution in [3.8, 4) is 0 Å². The highest BCUT2D eigenvalue weighted by molar-refractivity contribution is 7.47. The molecule has 0 bridgehead atoms. The number of esters is 2. The van der Waals surface area contributed by atoms with Crippen LogP contribution in [0, 0.1) is 0 Å². The molecular weight excluding hydrogens is 705 g/mol. The summed E-state index contributed by atoms with van der Waals surface area (Å²) in [6.07, 6.45) is 42.5. The summed E-state index contributed by atoms with van der Waals surface area (Å²) in [6, 6.07) is 0. The fourth-order valence-corrected chi connectivity index (χ4v) is 5.82. The Bertz CT molecular complexity index is 1130. The maximum atomic E-state index is 12.5. The summed E-state index contributed by atoms with van der Waals surface area (Å²) in [5.74, 6) is -1.08. The van der Waals surface area contributed by atoms with Gasteiger partial charge in [0.1, 0.15) is 6.61 Å². The van der Waals surface area contributed by atoms with E-state index in [9.17, 15) is 24.2 Å². The van der Waals surface area contributed by atoms with E-state index in [4.69, 9.17) is 24.3 Å². The van der Waals surface area contributed by atoms with Gasteiger partial charge < -0.3 is 25.2 Å². The first-order chi connectivity index (χ1) is 26.2. The summed E-state index contributed by atoms with van der Waals surface area (Å²) >= 11 is 0. The van der Waals surface area contributed by atoms with Crippen LogP contribution < -0.4 is 5.73 Å². The average molecular weight is 780 g/mol. The Balaban J connectivity index is 4.46. The predicted octanol–water partition coefficient (Wildman–Crippen LogP) is 10.5. The molecule has 0 aliphatic carbocycles. The van der Waals surface area contributed by atoms with Crippen molar-refractivity contribution >= 4 is 19.8 Å². The van der Waals surface area contributed by atoms with Gasteiger partial charge in [0.25, 0.3) is 0 Å². The zero-order valence-corrected chi connectivity index (χ0v) is 34.4. The second-order valence-electron chi connectivity index (χ2n) is 13.3. The fourth-order valence-electron chi connectivity index (χ4n) is 5.06. The Kier molecular flexibility index (Phi) is 36.8. The van der Waals surface area contributed by atoms with Crippen LogP contribution in [0.5, 0.6) is 0 Å². The first kappa shape index (κ1) is 51.4. The van der Waals surface area contributed by atoms with Crippen LogP contribution in [-0.4, -0.2) is 60.5 Å². The quantitative estimate of drug-likeness (QED) is 0.0182. The van der Waals surface area contributed by atoms with Crippen LogP contribution in [-0.2, 0) is 32.7 Å². The summed E-state index contributed by atoms with van der Waals surface area (Å²) in [5.41, 5.74) is 5.32. The van der Waals surface area contributed by atoms with Gasteiger partial charge in [-0.2, -0.15) is 0 Å². The van der Waals surface area contributed by atoms with E-state index in [2.05, 4.69) is 62.5 Å². The van der Waals surface area contributed by atoms with Crippen LogP contribution >= 0.6 is 7.82 Å². The number of phosphoric acid groups is 1. The number of carbonyl (C=O) groups excluding carboxylic acids is 2. The lowest BCUT2D eigenvalue weighted by atomic mass is 10.1. The van der Waals surface area contributed by atoms with Crippen molar-refractivity contribution in [2.24, 2.45) is 5.73 Å². The van der Waals surface area contributed by atoms with Gasteiger partial charge in [0.2, 0.25) is 0 Å². The maximum absolute atomic E-state index is 12.5. The lowest BCUT2D eigenvalue weighted by Gasteiger charge is -2.20. The molecule has 11 heteroatoms. The molecule has 310 valence electrons. The van der Waals surface area contributed by atoms with Gasteiger partial charge in [-0.3, -0.25) is 18.6 Å². The normalized spacial score (nSPS) is 14.7. The summed E-state index contributed by atoms with van der Waals surface area (Å²) in [4.78, 5) is 34.8. The molecule has 10 nitrogen and oxygen atoms in total. The molecule has 4 N–H and O–H groups in total. The first-order valence-corrected chi connectivity index (χ1v) is 22.0. The second kappa shape index (κ2) is 38.7. The zero-order valence-electron chi connectivity index (χ0n) is 33.5. The number of carbonyl (C=O) groups is 2. The van der Waals surface area contributed by atoms with E-state index >= 15 is 0 Å². The highest BCUT2D eigenvalue weighted by atomic mass is 31.2. The Labute approximate surface area is 327 Å². The van der Waals surface area contributed by atoms with Crippen LogP contribution in [0.1, 0.15) is 149 Å². The molecule has 0 fully saturated rings. The van der Waals surface area contributed by atoms with E-state index < -0.39 is 38.6 Å². The lowest BCUT2D eigenvalue weighted by Crippen LogP contribution is -2.29. The molecular formula is C43H74NO9P. The van der Waals surface area contributed by atoms with Gasteiger partial charge in [-0.1, -0.05) is 132 Å². The number of phosphoric ester groups is 1. The third-order valence-electron chi connectivity index (χ3n) is 8.17. The summed E-state index contributed by atoms with van der Waals surface area (Å²) in [7, 11) is -4.43. The number of aliphatic hydroxyl groups excluding tert-OH is 1. The highest BCUT2D eigenvalue weighted by Crippen LogP contribution is 2.43. The average Bonchev–Trinajstić information content (AvgIpc) is 3.15. The van der Waals surface area contributed by atoms with Crippen molar-refractivity contribution in [2.75, 3.05) is 26.4 Å². The summed E-state index contributed by atoms with van der Waals surface area (Å²) in [5, 5.41) is 10.2. The van der Waals surface area contributed by atoms with E-state index in [-0.39, 0.29) is 32.6 Å². The zero-order chi connectivity index (χ0) is 39.8. The Morgan fingerprint density at radius 3 is 1.83 bits per heavy atom. The molecule has 0 rings (SSSR count). The second-order valence-corrected chi connectivity index (χ2v) is 14.8. The van der Waals surface area contributed by atoms with Crippen molar-refractivity contribution in [2.45, 2.75) is 161 Å². The van der Waals surface area contributed by atoms with E-state index in [0.29, 0.717) is 19.3 Å². The SMILES string of the molecule is CCCCC/C=C\C/C=C\C/C=C\CCCCC(=O)O[C@H](COC(=O)CCCC(O)/C=C/C=C/C/C=C/CCCCCCCC)COP(=O)(O)OCCN. The highest BCUT2D eigenvalue weighted by Gasteiger charge is 2.26. The molecule has 0 heterocycles. The predicted molar refractivity (Wildman–Crippen MR) is 221 cm³/mol. The van der Waals surface area contributed by atoms with Crippen LogP contribution in [0.4, 0.5) is 0 Å². The minimum Gasteiger partial charge on any atom is -0.462 e. The molecule has 0 radical (unpaired) electrons. The van der Waals surface area contributed by atoms with Gasteiger partial charge >= 0.3 is 19.8 Å². The molecule has 0 aliphatic rings. The van der Waals surface area contributed by atoms with Crippen LogP contribution in [0.2, 0.25) is 0 Å². The summed E-state index contributed by atoms with van der Waals surface area (Å²) < 4.78 is 32.5. The molecule has 0 saturated heterocycles. The molecule has 0 aliphatic heterocycles. The molecule has 0 aromatic carbocycles. The topological polar surface area (TPSA) is 155 Å². The van der Waals surface area contributed by atoms with Crippen molar-refractivity contribution in [3.05, 3.63) is 72.9 Å². The van der Waals surface area contributed by atoms with E-state index in [0.717, 1.165) is 44.9 Å². The van der Waals surface area contributed by atoms with Gasteiger partial charge in [-0.15, -0.1) is 0 Å². The monoisotopic (exact) mass is 780 g/mol. The van der Waals surface area contributed by atoms with E-state index in [1.807, 2.05) is 12.2 Å². The standard InChI is InChI=1S/C43H74NO9P/c1-3-5-7-9-11-13-15-17-18-20-22-24-26-28-30-34-43(47)53-41(39-52-54(48,49)51-37-36-44)38-50-42(46)35-31-33-40(45)32-29-27-25-23-21-19-16-14-12-10-8-6-4-2/h11,13,17-19,21-22,24-25,27,29,32,40-41,45H,3-10,12,14-16,20,23,26,28,30-31,33-39,44H2,1-2H3,(H,48,49)/b13-11-,18-17-,21-19+,24-22-,27-25+,32-29+/t40?,41-/m1/s1. The largest absolute Gasteiger partial charge is 0.472 e. The molecule has 0 spiro atoms. The van der Waals surface area contributed by atoms with Crippen molar-refractivity contribution in [1.82, 2.24) is 0 Å². The number of unbranched alkanes of at least 4 members (excludes halogenated alkanes) is 11. The number of aliphatic hydroxyl groups is 1. The number of rotatable bonds is 37. The third kappa shape index (κ3) is 37.7. The number of allylic oxidation sites excluding steroid dienone is 11. The van der Waals surface area contributed by atoms with Gasteiger partial charge in [-0.05, 0) is 77.0 Å². The van der Waals surface area contributed by atoms with Gasteiger partial charge in [-0.25, -0.2) is 4.57 Å². The van der Waals surface area contributed by atoms with Crippen LogP contribution in [0.15, 0.2) is 72.9 Å². The van der Waals surface area contributed by atoms with Gasteiger partial charge in [0.15, 0.2) is 6.10 Å². The van der Waals surface area contributed by atoms with Crippen molar-refractivity contribution < 1.29 is 42.7 Å². The maximum Gasteiger partial charge on any atom is 0.472 e. The minimum atomic E-state index is -4.43. The molecule has 0 aromatic heterocycles. The minimum absolute atomic E-state index is 0.0187. The number of hydrogen-bond acceptors (Lipinski definition) is 9. The Morgan fingerprint density at radius 2 is 1.19 bits per heavy atom. The van der Waals surface area contributed by atoms with Crippen LogP contribution in [0.25, 0.3) is 0 Å². The molecule has 0 saturated carbocycles. The molecule has 0 amide bonds. The Morgan fingerprint density at radius 1 is 0.648 bits per heavy atom. The lowest BCUT2D eigenvalue weighted by molar-refractivity contribution is -0.161. The molecule has 0 aromatic rings. The smallest absolute Gasteiger partial charge is 0.462 e. The number of ether oxygens (including phenoxy) is 2. The van der Waals surface area contributed by atoms with Crippen molar-refractivity contribution in [1.29, 1.82) is 0 Å². The van der Waals surface area contributed by atoms with E-state index in [1.165, 1.54) is 57.8 Å². The number of hydrogen-bond donors (Lipinski definition) is 3. The molecule has 2 unspecified atom stereocenters. The summed E-state index contributed by atoms with van der Waals surface area (Å²) in [6.45, 7) is 3.41. The first-order valence-electron chi connectivity index (χ1n) is 20.5. The molecule has 3 atom stereocenters. The van der Waals surface area contributed by atoms with Crippen LogP contribution in [0.3, 0.4) is 0 Å². The third-order valence-corrected chi connectivity index (χ3v) is 9.15. The molecule has 54 heavy (non-hydrogen) atoms. The Hall–Kier alpha value is -2.59. The van der Waals surface area contributed by atoms with Gasteiger partial charge in [0, 0.05) is 19.4 Å². The fraction of sp³-hybridized carbons (Fsp3) is 0.674. The number of nitrogens with two attached hydrogens (primary N) is 1. The van der Waals surface area contributed by atoms with Gasteiger partial charge in [0.05, 0.1) is 19.3 Å². The van der Waals surface area contributed by atoms with E-state index in [1.54, 1.807) is 12.2 Å². The van der Waals surface area contributed by atoms with Crippen molar-refractivity contribution in [3.63, 3.8) is 0 Å².